The molecule has 0 spiro atoms. The Morgan fingerprint density at radius 3 is 1.51 bits per heavy atom. The van der Waals surface area contributed by atoms with Crippen molar-refractivity contribution in [1.82, 2.24) is 13.7 Å². The van der Waals surface area contributed by atoms with E-state index in [-0.39, 0.29) is 0 Å². The summed E-state index contributed by atoms with van der Waals surface area (Å²) in [6, 6.07) is 63.8. The van der Waals surface area contributed by atoms with Gasteiger partial charge in [0.25, 0.3) is 0 Å². The Hall–Kier alpha value is -7.86. The van der Waals surface area contributed by atoms with Crippen LogP contribution in [0, 0.1) is 17.9 Å². The predicted molar refractivity (Wildman–Crippen MR) is 226 cm³/mol. The maximum absolute atomic E-state index is 10.6. The van der Waals surface area contributed by atoms with Crippen LogP contribution in [0.4, 0.5) is 5.69 Å². The Morgan fingerprint density at radius 2 is 0.891 bits per heavy atom. The molecule has 0 bridgehead atoms. The third kappa shape index (κ3) is 4.45. The van der Waals surface area contributed by atoms with Crippen LogP contribution < -0.4 is 0 Å². The summed E-state index contributed by atoms with van der Waals surface area (Å²) in [5, 5.41) is 17.5. The third-order valence-electron chi connectivity index (χ3n) is 11.1. The maximum atomic E-state index is 10.6. The standard InChI is InChI=1S/C50H29N5/c1-52-33-23-27-49-43(28-33)40-16-6-9-19-46(40)53(49)34-24-22-32(31-51)42(29-34)39-15-5-11-21-48(39)55-47-20-10-4-14-38(47)41-26-25-35(30-50(41)55)54-44-17-7-2-12-36(44)37-13-3-8-18-45(37)54/h2-30H. The molecule has 0 N–H and O–H groups in total. The molecule has 0 unspecified atom stereocenters. The van der Waals surface area contributed by atoms with Gasteiger partial charge in [-0.2, -0.15) is 5.26 Å². The number of aromatic nitrogens is 3. The predicted octanol–water partition coefficient (Wildman–Crippen LogP) is 13.1. The van der Waals surface area contributed by atoms with Gasteiger partial charge in [0.2, 0.25) is 0 Å². The van der Waals surface area contributed by atoms with Gasteiger partial charge in [0.05, 0.1) is 57.0 Å². The first-order valence-corrected chi connectivity index (χ1v) is 18.3. The van der Waals surface area contributed by atoms with Gasteiger partial charge in [-0.15, -0.1) is 0 Å². The Morgan fingerprint density at radius 1 is 0.400 bits per heavy atom. The van der Waals surface area contributed by atoms with Gasteiger partial charge in [-0.3, -0.25) is 0 Å². The van der Waals surface area contributed by atoms with Crippen molar-refractivity contribution in [2.75, 3.05) is 0 Å². The number of nitrogens with zero attached hydrogens (tertiary/aromatic N) is 5. The van der Waals surface area contributed by atoms with Gasteiger partial charge in [0.1, 0.15) is 0 Å². The van der Waals surface area contributed by atoms with Gasteiger partial charge in [-0.1, -0.05) is 103 Å². The Kier molecular flexibility index (Phi) is 6.61. The first-order chi connectivity index (χ1) is 27.2. The zero-order valence-corrected chi connectivity index (χ0v) is 29.5. The molecule has 0 radical (unpaired) electrons. The van der Waals surface area contributed by atoms with Crippen molar-refractivity contribution >= 4 is 71.1 Å². The highest BCUT2D eigenvalue weighted by atomic mass is 15.0. The van der Waals surface area contributed by atoms with Crippen LogP contribution >= 0.6 is 0 Å². The first kappa shape index (κ1) is 30.7. The maximum Gasteiger partial charge on any atom is 0.188 e. The van der Waals surface area contributed by atoms with Crippen molar-refractivity contribution in [3.63, 3.8) is 0 Å². The molecule has 0 aliphatic rings. The third-order valence-corrected chi connectivity index (χ3v) is 11.1. The second-order valence-corrected chi connectivity index (χ2v) is 13.9. The minimum atomic E-state index is 0.596. The van der Waals surface area contributed by atoms with Crippen molar-refractivity contribution in [1.29, 1.82) is 5.26 Å². The lowest BCUT2D eigenvalue weighted by Gasteiger charge is -2.17. The topological polar surface area (TPSA) is 42.9 Å². The molecular weight excluding hydrogens is 671 g/mol. The van der Waals surface area contributed by atoms with Crippen LogP contribution in [-0.4, -0.2) is 13.7 Å². The number of rotatable bonds is 4. The molecule has 0 saturated carbocycles. The van der Waals surface area contributed by atoms with Crippen LogP contribution in [-0.2, 0) is 0 Å². The van der Waals surface area contributed by atoms with Crippen LogP contribution in [0.2, 0.25) is 0 Å². The molecule has 0 amide bonds. The number of fused-ring (bicyclic) bond motifs is 9. The van der Waals surface area contributed by atoms with E-state index in [1.807, 2.05) is 42.5 Å². The van der Waals surface area contributed by atoms with Gasteiger partial charge in [0, 0.05) is 49.4 Å². The normalized spacial score (nSPS) is 11.6. The molecule has 5 heteroatoms. The molecular formula is C50H29N5. The average molecular weight is 700 g/mol. The first-order valence-electron chi connectivity index (χ1n) is 18.3. The number of benzene rings is 8. The lowest BCUT2D eigenvalue weighted by Crippen LogP contribution is -2.01. The zero-order chi connectivity index (χ0) is 36.6. The van der Waals surface area contributed by atoms with E-state index < -0.39 is 0 Å². The quantitative estimate of drug-likeness (QED) is 0.169. The van der Waals surface area contributed by atoms with Gasteiger partial charge in [0.15, 0.2) is 5.69 Å². The molecule has 3 aromatic heterocycles. The van der Waals surface area contributed by atoms with Crippen molar-refractivity contribution in [2.24, 2.45) is 0 Å². The SMILES string of the molecule is [C-]#[N+]c1ccc2c(c1)c1ccccc1n2-c1ccc(C#N)c(-c2ccccc2-n2c3ccccc3c3ccc(-n4c5ccccc5c5ccccc54)cc32)c1. The minimum absolute atomic E-state index is 0.596. The molecule has 0 atom stereocenters. The lowest BCUT2D eigenvalue weighted by molar-refractivity contribution is 1.15. The van der Waals surface area contributed by atoms with Crippen molar-refractivity contribution < 1.29 is 0 Å². The molecule has 0 aliphatic heterocycles. The summed E-state index contributed by atoms with van der Waals surface area (Å²) in [6.07, 6.45) is 0. The van der Waals surface area contributed by atoms with Crippen LogP contribution in [0.15, 0.2) is 176 Å². The summed E-state index contributed by atoms with van der Waals surface area (Å²) in [5.74, 6) is 0. The molecule has 11 aromatic rings. The van der Waals surface area contributed by atoms with E-state index in [4.69, 9.17) is 6.57 Å². The highest BCUT2D eigenvalue weighted by Crippen LogP contribution is 2.41. The fourth-order valence-corrected chi connectivity index (χ4v) is 8.75. The summed E-state index contributed by atoms with van der Waals surface area (Å²) >= 11 is 0. The highest BCUT2D eigenvalue weighted by Gasteiger charge is 2.20. The number of nitriles is 1. The zero-order valence-electron chi connectivity index (χ0n) is 29.5. The highest BCUT2D eigenvalue weighted by molar-refractivity contribution is 6.13. The van der Waals surface area contributed by atoms with Gasteiger partial charge in [-0.25, -0.2) is 4.85 Å². The molecule has 8 aromatic carbocycles. The number of hydrogen-bond acceptors (Lipinski definition) is 1. The lowest BCUT2D eigenvalue weighted by atomic mass is 9.97. The van der Waals surface area contributed by atoms with E-state index in [0.717, 1.165) is 77.4 Å². The summed E-state index contributed by atoms with van der Waals surface area (Å²) in [4.78, 5) is 3.71. The minimum Gasteiger partial charge on any atom is -0.309 e. The molecule has 55 heavy (non-hydrogen) atoms. The molecule has 11 rings (SSSR count). The Labute approximate surface area is 316 Å². The van der Waals surface area contributed by atoms with E-state index in [1.165, 1.54) is 16.2 Å². The summed E-state index contributed by atoms with van der Waals surface area (Å²) in [7, 11) is 0. The molecule has 0 fully saturated rings. The largest absolute Gasteiger partial charge is 0.309 e. The van der Waals surface area contributed by atoms with Gasteiger partial charge in [-0.05, 0) is 78.2 Å². The molecule has 0 aliphatic carbocycles. The van der Waals surface area contributed by atoms with E-state index in [0.29, 0.717) is 11.3 Å². The Bertz CT molecular complexity index is 3420. The van der Waals surface area contributed by atoms with Gasteiger partial charge >= 0.3 is 0 Å². The van der Waals surface area contributed by atoms with Crippen molar-refractivity contribution in [2.45, 2.75) is 0 Å². The second kappa shape index (κ2) is 11.8. The van der Waals surface area contributed by atoms with E-state index in [1.54, 1.807) is 0 Å². The molecule has 254 valence electrons. The average Bonchev–Trinajstić information content (AvgIpc) is 3.88. The fourth-order valence-electron chi connectivity index (χ4n) is 8.75. The Balaban J connectivity index is 1.17. The van der Waals surface area contributed by atoms with Crippen molar-refractivity contribution in [3.05, 3.63) is 193 Å². The molecule has 3 heterocycles. The van der Waals surface area contributed by atoms with Crippen LogP contribution in [0.5, 0.6) is 0 Å². The monoisotopic (exact) mass is 699 g/mol. The van der Waals surface area contributed by atoms with Crippen LogP contribution in [0.25, 0.3) is 98.5 Å². The molecule has 0 saturated heterocycles. The van der Waals surface area contributed by atoms with E-state index in [9.17, 15) is 5.26 Å². The van der Waals surface area contributed by atoms with Gasteiger partial charge < -0.3 is 13.7 Å². The van der Waals surface area contributed by atoms with E-state index in [2.05, 4.69) is 158 Å². The number of hydrogen-bond donors (Lipinski definition) is 0. The summed E-state index contributed by atoms with van der Waals surface area (Å²) in [6.45, 7) is 7.64. The smallest absolute Gasteiger partial charge is 0.188 e. The second-order valence-electron chi connectivity index (χ2n) is 13.9. The fraction of sp³-hybridized carbons (Fsp3) is 0. The molecule has 5 nitrogen and oxygen atoms in total. The van der Waals surface area contributed by atoms with Crippen molar-refractivity contribution in [3.8, 4) is 34.3 Å². The van der Waals surface area contributed by atoms with Crippen LogP contribution in [0.3, 0.4) is 0 Å². The summed E-state index contributed by atoms with van der Waals surface area (Å²) < 4.78 is 6.96. The number of para-hydroxylation sites is 5. The van der Waals surface area contributed by atoms with E-state index >= 15 is 0 Å². The summed E-state index contributed by atoms with van der Waals surface area (Å²) in [5.41, 5.74) is 12.6. The van der Waals surface area contributed by atoms with Crippen LogP contribution in [0.1, 0.15) is 5.56 Å².